The molecule has 2 fully saturated rings. The molecule has 0 saturated carbocycles. The molecule has 0 spiro atoms. The molecule has 1 aromatic heterocycles. The Labute approximate surface area is 186 Å². The Bertz CT molecular complexity index is 1100. The minimum absolute atomic E-state index is 0.0209. The maximum absolute atomic E-state index is 12.1. The number of nitrogens with two attached hydrogens (primary N) is 2. The first-order valence-electron chi connectivity index (χ1n) is 10.5. The van der Waals surface area contributed by atoms with Crippen LogP contribution in [0.4, 0.5) is 5.69 Å². The van der Waals surface area contributed by atoms with Crippen LogP contribution in [0.15, 0.2) is 24.3 Å². The second-order valence-corrected chi connectivity index (χ2v) is 7.86. The smallest absolute Gasteiger partial charge is 0.269 e. The molecule has 2 aliphatic heterocycles. The highest BCUT2D eigenvalue weighted by Gasteiger charge is 2.27. The summed E-state index contributed by atoms with van der Waals surface area (Å²) in [5.74, 6) is 5.48. The number of hydrogen-bond donors (Lipinski definition) is 2. The molecule has 9 nitrogen and oxygen atoms in total. The first-order valence-corrected chi connectivity index (χ1v) is 10.5. The van der Waals surface area contributed by atoms with Gasteiger partial charge in [-0.3, -0.25) is 9.59 Å². The molecule has 0 bridgehead atoms. The fourth-order valence-electron chi connectivity index (χ4n) is 3.67. The topological polar surface area (TPSA) is 134 Å². The maximum Gasteiger partial charge on any atom is 0.269 e. The van der Waals surface area contributed by atoms with Gasteiger partial charge in [-0.2, -0.15) is 4.98 Å². The summed E-state index contributed by atoms with van der Waals surface area (Å²) < 4.78 is 11.3. The summed E-state index contributed by atoms with van der Waals surface area (Å²) in [6, 6.07) is 7.24. The van der Waals surface area contributed by atoms with E-state index in [9.17, 15) is 9.59 Å². The lowest BCUT2D eigenvalue weighted by Crippen LogP contribution is -2.27. The van der Waals surface area contributed by atoms with Gasteiger partial charge in [0, 0.05) is 37.6 Å². The van der Waals surface area contributed by atoms with E-state index in [-0.39, 0.29) is 41.0 Å². The number of benzene rings is 1. The van der Waals surface area contributed by atoms with Gasteiger partial charge >= 0.3 is 0 Å². The summed E-state index contributed by atoms with van der Waals surface area (Å²) >= 11 is 0. The van der Waals surface area contributed by atoms with Crippen LogP contribution < -0.4 is 16.2 Å². The molecule has 0 radical (unpaired) electrons. The van der Waals surface area contributed by atoms with Gasteiger partial charge in [0.15, 0.2) is 11.5 Å². The van der Waals surface area contributed by atoms with E-state index in [1.807, 2.05) is 12.1 Å². The predicted octanol–water partition coefficient (Wildman–Crippen LogP) is 1.21. The zero-order valence-corrected chi connectivity index (χ0v) is 17.8. The van der Waals surface area contributed by atoms with Crippen molar-refractivity contribution in [3.05, 3.63) is 35.5 Å². The van der Waals surface area contributed by atoms with Crippen LogP contribution in [0.3, 0.4) is 0 Å². The van der Waals surface area contributed by atoms with Gasteiger partial charge in [0.1, 0.15) is 17.7 Å². The minimum atomic E-state index is -0.761. The van der Waals surface area contributed by atoms with Crippen LogP contribution in [0.5, 0.6) is 5.88 Å². The zero-order chi connectivity index (χ0) is 22.7. The van der Waals surface area contributed by atoms with Crippen molar-refractivity contribution in [3.63, 3.8) is 0 Å². The Kier molecular flexibility index (Phi) is 6.23. The summed E-state index contributed by atoms with van der Waals surface area (Å²) in [5.41, 5.74) is 12.8. The molecule has 3 heterocycles. The number of primary amides is 1. The Balaban J connectivity index is 1.65. The number of hydrogen-bond acceptors (Lipinski definition) is 7. The van der Waals surface area contributed by atoms with Crippen LogP contribution >= 0.6 is 0 Å². The highest BCUT2D eigenvalue weighted by Crippen LogP contribution is 2.29. The van der Waals surface area contributed by atoms with Gasteiger partial charge in [0.05, 0.1) is 13.2 Å². The maximum atomic E-state index is 12.1. The van der Waals surface area contributed by atoms with Gasteiger partial charge in [-0.25, -0.2) is 4.98 Å². The number of nitrogens with zero attached hydrogens (tertiary/aromatic N) is 3. The number of nitrogen functional groups attached to an aromatic ring is 1. The fraction of sp³-hybridized carbons (Fsp3) is 0.391. The third-order valence-corrected chi connectivity index (χ3v) is 5.53. The van der Waals surface area contributed by atoms with Crippen molar-refractivity contribution in [2.45, 2.75) is 25.4 Å². The fourth-order valence-corrected chi connectivity index (χ4v) is 3.67. The zero-order valence-electron chi connectivity index (χ0n) is 17.8. The van der Waals surface area contributed by atoms with Crippen molar-refractivity contribution in [2.24, 2.45) is 11.7 Å². The van der Waals surface area contributed by atoms with Crippen LogP contribution in [0.25, 0.3) is 11.4 Å². The summed E-state index contributed by atoms with van der Waals surface area (Å²) in [7, 11) is 1.78. The van der Waals surface area contributed by atoms with Crippen LogP contribution in [-0.2, 0) is 9.53 Å². The summed E-state index contributed by atoms with van der Waals surface area (Å²) in [5, 5.41) is 0. The summed E-state index contributed by atoms with van der Waals surface area (Å²) in [6.07, 6.45) is 2.00. The van der Waals surface area contributed by atoms with Crippen molar-refractivity contribution < 1.29 is 19.1 Å². The highest BCUT2D eigenvalue weighted by atomic mass is 16.5. The van der Waals surface area contributed by atoms with Gasteiger partial charge in [-0.1, -0.05) is 24.0 Å². The molecule has 9 heteroatoms. The van der Waals surface area contributed by atoms with Crippen molar-refractivity contribution in [3.8, 4) is 29.1 Å². The molecular formula is C23H25N5O4. The standard InChI is InChI=1S/C23H25N5O4/c1-28-10-7-15(23(28)30)6-5-14-3-2-4-16(13-14)21-26-19(20(25)29)18(24)22(27-21)32-17-8-11-31-12-9-17/h2-4,13,15,17H,7-12,24H2,1H3,(H2,25,29)/t15-/m1/s1. The molecule has 1 atom stereocenters. The molecule has 2 aromatic rings. The van der Waals surface area contributed by atoms with Crippen LogP contribution in [0.2, 0.25) is 0 Å². The molecular weight excluding hydrogens is 410 g/mol. The lowest BCUT2D eigenvalue weighted by atomic mass is 10.1. The lowest BCUT2D eigenvalue weighted by Gasteiger charge is -2.23. The SMILES string of the molecule is CN1CC[C@@H](C#Cc2cccc(-c3nc(OC4CCOCC4)c(N)c(C(N)=O)n3)c2)C1=O. The van der Waals surface area contributed by atoms with E-state index in [2.05, 4.69) is 21.8 Å². The van der Waals surface area contributed by atoms with E-state index < -0.39 is 5.91 Å². The number of anilines is 1. The average Bonchev–Trinajstić information content (AvgIpc) is 3.12. The predicted molar refractivity (Wildman–Crippen MR) is 117 cm³/mol. The second-order valence-electron chi connectivity index (χ2n) is 7.86. The number of rotatable bonds is 4. The quantitative estimate of drug-likeness (QED) is 0.690. The third kappa shape index (κ3) is 4.65. The molecule has 166 valence electrons. The van der Waals surface area contributed by atoms with Gasteiger partial charge in [-0.15, -0.1) is 0 Å². The first kappa shape index (κ1) is 21.6. The molecule has 1 aromatic carbocycles. The van der Waals surface area contributed by atoms with E-state index in [4.69, 9.17) is 20.9 Å². The van der Waals surface area contributed by atoms with Gasteiger partial charge in [0.2, 0.25) is 11.8 Å². The van der Waals surface area contributed by atoms with E-state index in [1.165, 1.54) is 0 Å². The largest absolute Gasteiger partial charge is 0.473 e. The van der Waals surface area contributed by atoms with E-state index >= 15 is 0 Å². The Morgan fingerprint density at radius 3 is 2.72 bits per heavy atom. The Morgan fingerprint density at radius 1 is 1.25 bits per heavy atom. The highest BCUT2D eigenvalue weighted by molar-refractivity contribution is 5.97. The van der Waals surface area contributed by atoms with Crippen molar-refractivity contribution in [1.82, 2.24) is 14.9 Å². The number of carbonyl (C=O) groups excluding carboxylic acids is 2. The number of amides is 2. The van der Waals surface area contributed by atoms with Gasteiger partial charge < -0.3 is 25.8 Å². The summed E-state index contributed by atoms with van der Waals surface area (Å²) in [6.45, 7) is 1.89. The Hall–Kier alpha value is -3.64. The molecule has 32 heavy (non-hydrogen) atoms. The monoisotopic (exact) mass is 435 g/mol. The second kappa shape index (κ2) is 9.24. The van der Waals surface area contributed by atoms with Crippen LogP contribution in [-0.4, -0.2) is 59.6 Å². The number of likely N-dealkylation sites (tertiary alicyclic amines) is 1. The van der Waals surface area contributed by atoms with E-state index in [0.717, 1.165) is 6.42 Å². The molecule has 4 N–H and O–H groups in total. The van der Waals surface area contributed by atoms with Crippen molar-refractivity contribution in [2.75, 3.05) is 32.5 Å². The third-order valence-electron chi connectivity index (χ3n) is 5.53. The molecule has 2 amide bonds. The number of carbonyl (C=O) groups is 2. The molecule has 4 rings (SSSR count). The number of ether oxygens (including phenoxy) is 2. The van der Waals surface area contributed by atoms with Crippen molar-refractivity contribution >= 4 is 17.5 Å². The molecule has 0 unspecified atom stereocenters. The Morgan fingerprint density at radius 2 is 2.03 bits per heavy atom. The molecule has 2 saturated heterocycles. The normalized spacial score (nSPS) is 18.8. The van der Waals surface area contributed by atoms with Gasteiger partial charge in [0.25, 0.3) is 5.91 Å². The molecule has 2 aliphatic rings. The van der Waals surface area contributed by atoms with E-state index in [0.29, 0.717) is 43.7 Å². The molecule has 0 aliphatic carbocycles. The average molecular weight is 435 g/mol. The number of aromatic nitrogens is 2. The lowest BCUT2D eigenvalue weighted by molar-refractivity contribution is -0.128. The summed E-state index contributed by atoms with van der Waals surface area (Å²) in [4.78, 5) is 34.4. The minimum Gasteiger partial charge on any atom is -0.473 e. The van der Waals surface area contributed by atoms with Crippen molar-refractivity contribution in [1.29, 1.82) is 0 Å². The van der Waals surface area contributed by atoms with Crippen LogP contribution in [0.1, 0.15) is 35.3 Å². The first-order chi connectivity index (χ1) is 15.4. The van der Waals surface area contributed by atoms with Crippen LogP contribution in [0, 0.1) is 17.8 Å². The van der Waals surface area contributed by atoms with Gasteiger partial charge in [-0.05, 0) is 18.6 Å². The van der Waals surface area contributed by atoms with E-state index in [1.54, 1.807) is 24.1 Å².